The lowest BCUT2D eigenvalue weighted by Gasteiger charge is -2.18. The van der Waals surface area contributed by atoms with Crippen LogP contribution in [0.3, 0.4) is 0 Å². The van der Waals surface area contributed by atoms with Crippen molar-refractivity contribution in [1.82, 2.24) is 9.97 Å². The molecule has 0 saturated heterocycles. The molecule has 1 aromatic heterocycles. The second kappa shape index (κ2) is 4.37. The molecule has 0 fully saturated rings. The molecule has 0 unspecified atom stereocenters. The van der Waals surface area contributed by atoms with Gasteiger partial charge in [-0.25, -0.2) is 9.97 Å². The molecular formula is C15H17N3O2. The Morgan fingerprint density at radius 1 is 1.30 bits per heavy atom. The summed E-state index contributed by atoms with van der Waals surface area (Å²) in [7, 11) is 0. The van der Waals surface area contributed by atoms with E-state index in [1.54, 1.807) is 0 Å². The van der Waals surface area contributed by atoms with Crippen molar-refractivity contribution < 1.29 is 9.47 Å². The third kappa shape index (κ3) is 2.15. The number of aromatic nitrogens is 2. The second-order valence-corrected chi connectivity index (χ2v) is 5.57. The predicted octanol–water partition coefficient (Wildman–Crippen LogP) is 2.87. The summed E-state index contributed by atoms with van der Waals surface area (Å²) >= 11 is 0. The Morgan fingerprint density at radius 2 is 2.10 bits per heavy atom. The minimum absolute atomic E-state index is 0.207. The van der Waals surface area contributed by atoms with Gasteiger partial charge in [-0.3, -0.25) is 0 Å². The third-order valence-corrected chi connectivity index (χ3v) is 3.34. The molecule has 0 bridgehead atoms. The fraction of sp³-hybridized carbons (Fsp3) is 0.333. The summed E-state index contributed by atoms with van der Waals surface area (Å²) in [6, 6.07) is 5.88. The van der Waals surface area contributed by atoms with Gasteiger partial charge in [0.05, 0.1) is 5.56 Å². The van der Waals surface area contributed by atoms with Crippen molar-refractivity contribution >= 4 is 5.82 Å². The Kier molecular flexibility index (Phi) is 2.78. The average molecular weight is 271 g/mol. The number of hydrogen-bond acceptors (Lipinski definition) is 5. The molecular weight excluding hydrogens is 254 g/mol. The van der Waals surface area contributed by atoms with E-state index in [4.69, 9.17) is 15.2 Å². The lowest BCUT2D eigenvalue weighted by atomic mass is 10.0. The van der Waals surface area contributed by atoms with E-state index in [1.165, 1.54) is 6.33 Å². The fourth-order valence-corrected chi connectivity index (χ4v) is 2.32. The van der Waals surface area contributed by atoms with Crippen LogP contribution in [0.2, 0.25) is 0 Å². The Balaban J connectivity index is 1.98. The van der Waals surface area contributed by atoms with Crippen LogP contribution in [0.25, 0.3) is 0 Å². The molecule has 0 radical (unpaired) electrons. The van der Waals surface area contributed by atoms with E-state index in [0.717, 1.165) is 23.3 Å². The maximum Gasteiger partial charge on any atom is 0.227 e. The fourth-order valence-electron chi connectivity index (χ4n) is 2.32. The molecule has 0 atom stereocenters. The molecule has 5 nitrogen and oxygen atoms in total. The Morgan fingerprint density at radius 3 is 2.90 bits per heavy atom. The zero-order valence-corrected chi connectivity index (χ0v) is 11.8. The van der Waals surface area contributed by atoms with Gasteiger partial charge in [-0.15, -0.1) is 0 Å². The summed E-state index contributed by atoms with van der Waals surface area (Å²) in [5, 5.41) is 0. The highest BCUT2D eigenvalue weighted by atomic mass is 16.5. The molecule has 2 aromatic rings. The lowest BCUT2D eigenvalue weighted by Crippen LogP contribution is -2.24. The number of anilines is 1. The standard InChI is InChI=1S/C15H17N3O2/c1-9-13(16)17-8-18-14(9)19-11-6-4-5-10-7-15(2,3)20-12(10)11/h4-6,8H,7H2,1-3H3,(H2,16,17,18). The van der Waals surface area contributed by atoms with E-state index in [2.05, 4.69) is 29.9 Å². The summed E-state index contributed by atoms with van der Waals surface area (Å²) in [5.74, 6) is 2.33. The van der Waals surface area contributed by atoms with Crippen LogP contribution in [-0.2, 0) is 6.42 Å². The zero-order chi connectivity index (χ0) is 14.3. The maximum absolute atomic E-state index is 5.97. The first-order valence-corrected chi connectivity index (χ1v) is 6.52. The summed E-state index contributed by atoms with van der Waals surface area (Å²) in [6.07, 6.45) is 2.26. The highest BCUT2D eigenvalue weighted by Gasteiger charge is 2.32. The van der Waals surface area contributed by atoms with Crippen LogP contribution in [0.1, 0.15) is 25.0 Å². The van der Waals surface area contributed by atoms with Crippen LogP contribution in [0.5, 0.6) is 17.4 Å². The smallest absolute Gasteiger partial charge is 0.227 e. The minimum atomic E-state index is -0.207. The molecule has 1 aliphatic heterocycles. The van der Waals surface area contributed by atoms with Crippen LogP contribution < -0.4 is 15.2 Å². The van der Waals surface area contributed by atoms with E-state index in [0.29, 0.717) is 17.4 Å². The Labute approximate surface area is 117 Å². The quantitative estimate of drug-likeness (QED) is 0.909. The maximum atomic E-state index is 5.97. The largest absolute Gasteiger partial charge is 0.483 e. The lowest BCUT2D eigenvalue weighted by molar-refractivity contribution is 0.135. The predicted molar refractivity (Wildman–Crippen MR) is 76.1 cm³/mol. The average Bonchev–Trinajstić information content (AvgIpc) is 2.70. The van der Waals surface area contributed by atoms with E-state index in [1.807, 2.05) is 19.1 Å². The number of nitrogens with zero attached hydrogens (tertiary/aromatic N) is 2. The highest BCUT2D eigenvalue weighted by molar-refractivity contribution is 5.53. The van der Waals surface area contributed by atoms with E-state index in [-0.39, 0.29) is 5.60 Å². The second-order valence-electron chi connectivity index (χ2n) is 5.57. The number of rotatable bonds is 2. The van der Waals surface area contributed by atoms with Gasteiger partial charge in [0.2, 0.25) is 5.88 Å². The summed E-state index contributed by atoms with van der Waals surface area (Å²) in [5.41, 5.74) is 7.43. The van der Waals surface area contributed by atoms with E-state index in [9.17, 15) is 0 Å². The number of ether oxygens (including phenoxy) is 2. The monoisotopic (exact) mass is 271 g/mol. The van der Waals surface area contributed by atoms with E-state index < -0.39 is 0 Å². The number of fused-ring (bicyclic) bond motifs is 1. The molecule has 1 aromatic carbocycles. The van der Waals surface area contributed by atoms with Gasteiger partial charge < -0.3 is 15.2 Å². The number of nitrogens with two attached hydrogens (primary N) is 1. The highest BCUT2D eigenvalue weighted by Crippen LogP contribution is 2.43. The first kappa shape index (κ1) is 12.7. The SMILES string of the molecule is Cc1c(N)ncnc1Oc1cccc2c1OC(C)(C)C2. The molecule has 20 heavy (non-hydrogen) atoms. The van der Waals surface area contributed by atoms with Gasteiger partial charge in [-0.05, 0) is 26.8 Å². The molecule has 2 heterocycles. The molecule has 1 aliphatic rings. The molecule has 5 heteroatoms. The van der Waals surface area contributed by atoms with Crippen molar-refractivity contribution in [2.75, 3.05) is 5.73 Å². The van der Waals surface area contributed by atoms with Gasteiger partial charge in [-0.1, -0.05) is 12.1 Å². The van der Waals surface area contributed by atoms with Gasteiger partial charge in [-0.2, -0.15) is 0 Å². The number of benzene rings is 1. The Bertz CT molecular complexity index is 668. The molecule has 0 saturated carbocycles. The zero-order valence-electron chi connectivity index (χ0n) is 11.8. The van der Waals surface area contributed by atoms with Crippen LogP contribution in [-0.4, -0.2) is 15.6 Å². The van der Waals surface area contributed by atoms with Crippen LogP contribution in [0.4, 0.5) is 5.82 Å². The normalized spacial score (nSPS) is 15.6. The third-order valence-electron chi connectivity index (χ3n) is 3.34. The summed E-state index contributed by atoms with van der Waals surface area (Å²) in [6.45, 7) is 5.95. The molecule has 0 aliphatic carbocycles. The minimum Gasteiger partial charge on any atom is -0.483 e. The van der Waals surface area contributed by atoms with Gasteiger partial charge in [0, 0.05) is 12.0 Å². The van der Waals surface area contributed by atoms with Crippen LogP contribution in [0, 0.1) is 6.92 Å². The van der Waals surface area contributed by atoms with Crippen molar-refractivity contribution in [1.29, 1.82) is 0 Å². The van der Waals surface area contributed by atoms with Gasteiger partial charge in [0.1, 0.15) is 17.7 Å². The summed E-state index contributed by atoms with van der Waals surface area (Å²) in [4.78, 5) is 8.06. The van der Waals surface area contributed by atoms with Crippen molar-refractivity contribution in [3.63, 3.8) is 0 Å². The van der Waals surface area contributed by atoms with Crippen LogP contribution >= 0.6 is 0 Å². The molecule has 104 valence electrons. The number of para-hydroxylation sites is 1. The molecule has 2 N–H and O–H groups in total. The first-order valence-electron chi connectivity index (χ1n) is 6.52. The van der Waals surface area contributed by atoms with Gasteiger partial charge in [0.25, 0.3) is 0 Å². The number of hydrogen-bond donors (Lipinski definition) is 1. The topological polar surface area (TPSA) is 70.3 Å². The van der Waals surface area contributed by atoms with Crippen molar-refractivity contribution in [2.24, 2.45) is 0 Å². The van der Waals surface area contributed by atoms with Gasteiger partial charge in [0.15, 0.2) is 11.5 Å². The van der Waals surface area contributed by atoms with Crippen molar-refractivity contribution in [3.05, 3.63) is 35.7 Å². The number of nitrogen functional groups attached to an aromatic ring is 1. The molecule has 0 amide bonds. The molecule has 3 rings (SSSR count). The van der Waals surface area contributed by atoms with Gasteiger partial charge >= 0.3 is 0 Å². The van der Waals surface area contributed by atoms with Crippen molar-refractivity contribution in [2.45, 2.75) is 32.8 Å². The van der Waals surface area contributed by atoms with E-state index >= 15 is 0 Å². The Hall–Kier alpha value is -2.30. The molecule has 0 spiro atoms. The van der Waals surface area contributed by atoms with Crippen molar-refractivity contribution in [3.8, 4) is 17.4 Å². The summed E-state index contributed by atoms with van der Waals surface area (Å²) < 4.78 is 11.8. The first-order chi connectivity index (χ1) is 9.46. The van der Waals surface area contributed by atoms with Crippen LogP contribution in [0.15, 0.2) is 24.5 Å².